The molecule has 1 aliphatic carbocycles. The van der Waals surface area contributed by atoms with Gasteiger partial charge in [-0.15, -0.1) is 5.10 Å². The van der Waals surface area contributed by atoms with Crippen molar-refractivity contribution in [1.29, 1.82) is 0 Å². The fraction of sp³-hybridized carbons (Fsp3) is 0.250. The number of fused-ring (bicyclic) bond motifs is 2. The lowest BCUT2D eigenvalue weighted by Crippen LogP contribution is -2.21. The Bertz CT molecular complexity index is 1340. The van der Waals surface area contributed by atoms with Crippen LogP contribution in [0, 0.1) is 0 Å². The average molecular weight is 465 g/mol. The van der Waals surface area contributed by atoms with Crippen molar-refractivity contribution >= 4 is 23.2 Å². The highest BCUT2D eigenvalue weighted by molar-refractivity contribution is 6.30. The van der Waals surface area contributed by atoms with Gasteiger partial charge < -0.3 is 14.2 Å². The van der Waals surface area contributed by atoms with Crippen molar-refractivity contribution < 1.29 is 19.0 Å². The molecule has 9 heteroatoms. The number of aromatic nitrogens is 4. The Kier molecular flexibility index (Phi) is 5.38. The van der Waals surface area contributed by atoms with Gasteiger partial charge >= 0.3 is 0 Å². The van der Waals surface area contributed by atoms with E-state index in [-0.39, 0.29) is 11.7 Å². The van der Waals surface area contributed by atoms with E-state index in [0.29, 0.717) is 58.0 Å². The number of Topliss-reactive ketones (excluding diaryl/α,β-unsaturated/α-hetero) is 1. The number of ether oxygens (including phenoxy) is 3. The highest BCUT2D eigenvalue weighted by atomic mass is 35.5. The average Bonchev–Trinajstić information content (AvgIpc) is 3.25. The number of carbonyl (C=O) groups is 1. The number of halogens is 1. The highest BCUT2D eigenvalue weighted by Crippen LogP contribution is 2.42. The van der Waals surface area contributed by atoms with Crippen LogP contribution in [-0.2, 0) is 6.42 Å². The molecule has 1 unspecified atom stereocenters. The molecular formula is C24H21ClN4O4. The van der Waals surface area contributed by atoms with Crippen LogP contribution < -0.4 is 14.2 Å². The maximum absolute atomic E-state index is 13.1. The molecule has 2 aromatic carbocycles. The summed E-state index contributed by atoms with van der Waals surface area (Å²) in [5, 5.41) is 5.14. The van der Waals surface area contributed by atoms with Crippen molar-refractivity contribution in [1.82, 2.24) is 19.6 Å². The normalized spacial score (nSPS) is 15.4. The van der Waals surface area contributed by atoms with Crippen LogP contribution in [0.3, 0.4) is 0 Å². The first kappa shape index (κ1) is 21.2. The van der Waals surface area contributed by atoms with E-state index in [0.717, 1.165) is 11.1 Å². The number of carbonyl (C=O) groups excluding carboxylic acids is 1. The molecule has 1 atom stereocenters. The molecule has 33 heavy (non-hydrogen) atoms. The zero-order valence-corrected chi connectivity index (χ0v) is 19.1. The molecule has 2 aromatic heterocycles. The molecular weight excluding hydrogens is 444 g/mol. The maximum atomic E-state index is 13.1. The van der Waals surface area contributed by atoms with Crippen LogP contribution in [0.1, 0.15) is 34.0 Å². The fourth-order valence-corrected chi connectivity index (χ4v) is 4.30. The van der Waals surface area contributed by atoms with Crippen molar-refractivity contribution in [3.8, 4) is 28.6 Å². The first-order valence-corrected chi connectivity index (χ1v) is 10.7. The third-order valence-corrected chi connectivity index (χ3v) is 6.10. The Morgan fingerprint density at radius 2 is 1.67 bits per heavy atom. The molecule has 0 bridgehead atoms. The first-order chi connectivity index (χ1) is 16.0. The third-order valence-electron chi connectivity index (χ3n) is 5.84. The Morgan fingerprint density at radius 3 is 2.30 bits per heavy atom. The number of hydrogen-bond donors (Lipinski definition) is 0. The second-order valence-corrected chi connectivity index (χ2v) is 8.21. The Labute approximate surface area is 195 Å². The molecule has 0 saturated carbocycles. The smallest absolute Gasteiger partial charge is 0.252 e. The van der Waals surface area contributed by atoms with E-state index in [2.05, 4.69) is 15.1 Å². The predicted molar refractivity (Wildman–Crippen MR) is 123 cm³/mol. The van der Waals surface area contributed by atoms with E-state index in [4.69, 9.17) is 25.8 Å². The molecule has 0 spiro atoms. The molecule has 0 saturated heterocycles. The van der Waals surface area contributed by atoms with Crippen molar-refractivity contribution in [3.05, 3.63) is 64.4 Å². The second kappa shape index (κ2) is 8.37. The van der Waals surface area contributed by atoms with Gasteiger partial charge in [0, 0.05) is 23.2 Å². The van der Waals surface area contributed by atoms with Crippen LogP contribution in [-0.4, -0.2) is 46.7 Å². The van der Waals surface area contributed by atoms with E-state index in [9.17, 15) is 4.79 Å². The number of rotatable bonds is 5. The number of nitrogens with zero attached hydrogens (tertiary/aromatic N) is 4. The van der Waals surface area contributed by atoms with Gasteiger partial charge in [0.05, 0.1) is 32.6 Å². The Hall–Kier alpha value is -3.65. The van der Waals surface area contributed by atoms with Crippen LogP contribution in [0.4, 0.5) is 0 Å². The number of methoxy groups -OCH3 is 3. The zero-order chi connectivity index (χ0) is 23.1. The lowest BCUT2D eigenvalue weighted by Gasteiger charge is -2.24. The van der Waals surface area contributed by atoms with Gasteiger partial charge in [-0.1, -0.05) is 11.6 Å². The second-order valence-electron chi connectivity index (χ2n) is 7.78. The molecule has 0 amide bonds. The standard InChI is InChI=1S/C24H21ClN4O4/c1-31-20-10-15(11-21(32-2)22(20)33-3)14-8-18-17(19(30)9-14)12-29-24(26-18)27-23(28-29)13-4-6-16(25)7-5-13/h4-7,10-12,14H,8-9H2,1-3H3. The lowest BCUT2D eigenvalue weighted by molar-refractivity contribution is 0.0962. The van der Waals surface area contributed by atoms with Crippen LogP contribution in [0.5, 0.6) is 17.2 Å². The molecule has 168 valence electrons. The predicted octanol–water partition coefficient (Wildman–Crippen LogP) is 4.38. The van der Waals surface area contributed by atoms with Crippen molar-refractivity contribution in [3.63, 3.8) is 0 Å². The van der Waals surface area contributed by atoms with Gasteiger partial charge in [-0.25, -0.2) is 9.50 Å². The monoisotopic (exact) mass is 464 g/mol. The van der Waals surface area contributed by atoms with Crippen LogP contribution >= 0.6 is 11.6 Å². The molecule has 0 fully saturated rings. The molecule has 2 heterocycles. The SMILES string of the molecule is COc1cc(C2CC(=O)c3cn4nc(-c5ccc(Cl)cc5)nc4nc3C2)cc(OC)c1OC. The van der Waals surface area contributed by atoms with E-state index < -0.39 is 0 Å². The molecule has 1 aliphatic rings. The Morgan fingerprint density at radius 1 is 0.970 bits per heavy atom. The summed E-state index contributed by atoms with van der Waals surface area (Å²) in [4.78, 5) is 22.3. The summed E-state index contributed by atoms with van der Waals surface area (Å²) in [5.74, 6) is 2.52. The van der Waals surface area contributed by atoms with Crippen LogP contribution in [0.25, 0.3) is 17.2 Å². The van der Waals surface area contributed by atoms with E-state index >= 15 is 0 Å². The van der Waals surface area contributed by atoms with Crippen LogP contribution in [0.2, 0.25) is 5.02 Å². The maximum Gasteiger partial charge on any atom is 0.252 e. The van der Waals surface area contributed by atoms with E-state index in [1.165, 1.54) is 0 Å². The van der Waals surface area contributed by atoms with Gasteiger partial charge in [0.1, 0.15) is 0 Å². The third kappa shape index (κ3) is 3.76. The number of benzene rings is 2. The van der Waals surface area contributed by atoms with E-state index in [1.54, 1.807) is 44.2 Å². The Balaban J connectivity index is 1.53. The van der Waals surface area contributed by atoms with Gasteiger partial charge in [0.15, 0.2) is 23.1 Å². The van der Waals surface area contributed by atoms with Crippen molar-refractivity contribution in [2.45, 2.75) is 18.8 Å². The minimum atomic E-state index is -0.0766. The summed E-state index contributed by atoms with van der Waals surface area (Å²) in [7, 11) is 4.71. The quantitative estimate of drug-likeness (QED) is 0.433. The van der Waals surface area contributed by atoms with Gasteiger partial charge in [0.2, 0.25) is 5.75 Å². The number of ketones is 1. The summed E-state index contributed by atoms with van der Waals surface area (Å²) in [6.45, 7) is 0. The lowest BCUT2D eigenvalue weighted by atomic mass is 9.82. The van der Waals surface area contributed by atoms with E-state index in [1.807, 2.05) is 24.3 Å². The van der Waals surface area contributed by atoms with Gasteiger partial charge in [-0.2, -0.15) is 4.98 Å². The molecule has 5 rings (SSSR count). The summed E-state index contributed by atoms with van der Waals surface area (Å²) in [5.41, 5.74) is 3.02. The summed E-state index contributed by atoms with van der Waals surface area (Å²) in [6.07, 6.45) is 2.65. The molecule has 0 aliphatic heterocycles. The zero-order valence-electron chi connectivity index (χ0n) is 18.3. The summed E-state index contributed by atoms with van der Waals surface area (Å²) >= 11 is 5.98. The summed E-state index contributed by atoms with van der Waals surface area (Å²) < 4.78 is 17.9. The summed E-state index contributed by atoms with van der Waals surface area (Å²) in [6, 6.07) is 11.0. The highest BCUT2D eigenvalue weighted by Gasteiger charge is 2.30. The van der Waals surface area contributed by atoms with Gasteiger partial charge in [-0.3, -0.25) is 4.79 Å². The van der Waals surface area contributed by atoms with Gasteiger partial charge in [-0.05, 0) is 54.3 Å². The van der Waals surface area contributed by atoms with Crippen LogP contribution in [0.15, 0.2) is 42.6 Å². The molecule has 8 nitrogen and oxygen atoms in total. The molecule has 0 N–H and O–H groups in total. The number of hydrogen-bond acceptors (Lipinski definition) is 7. The van der Waals surface area contributed by atoms with Gasteiger partial charge in [0.25, 0.3) is 5.78 Å². The molecule has 4 aromatic rings. The van der Waals surface area contributed by atoms with Crippen molar-refractivity contribution in [2.75, 3.05) is 21.3 Å². The molecule has 0 radical (unpaired) electrons. The minimum Gasteiger partial charge on any atom is -0.493 e. The topological polar surface area (TPSA) is 87.8 Å². The first-order valence-electron chi connectivity index (χ1n) is 10.4. The largest absolute Gasteiger partial charge is 0.493 e. The van der Waals surface area contributed by atoms with Crippen molar-refractivity contribution in [2.24, 2.45) is 0 Å². The fourth-order valence-electron chi connectivity index (χ4n) is 4.18. The minimum absolute atomic E-state index is 0.00736.